The molecule has 27 heavy (non-hydrogen) atoms. The SMILES string of the molecule is Fc1cccc(F)c1C1Nc2cnc(Br)cc2-c2n[nH]c(C(F)(F)F)c2N1. The Bertz CT molecular complexity index is 1010. The molecule has 2 aromatic heterocycles. The summed E-state index contributed by atoms with van der Waals surface area (Å²) in [6.07, 6.45) is -4.74. The second kappa shape index (κ2) is 6.19. The maximum absolute atomic E-state index is 14.3. The van der Waals surface area contributed by atoms with Crippen LogP contribution in [0.25, 0.3) is 11.3 Å². The summed E-state index contributed by atoms with van der Waals surface area (Å²) < 4.78 is 69.0. The van der Waals surface area contributed by atoms with Gasteiger partial charge in [-0.3, -0.25) is 5.10 Å². The first-order valence-corrected chi connectivity index (χ1v) is 8.33. The van der Waals surface area contributed by atoms with Crippen molar-refractivity contribution >= 4 is 27.3 Å². The molecule has 140 valence electrons. The van der Waals surface area contributed by atoms with E-state index < -0.39 is 40.9 Å². The smallest absolute Gasteiger partial charge is 0.360 e. The molecule has 3 N–H and O–H groups in total. The summed E-state index contributed by atoms with van der Waals surface area (Å²) in [6, 6.07) is 4.68. The van der Waals surface area contributed by atoms with Crippen LogP contribution < -0.4 is 10.6 Å². The van der Waals surface area contributed by atoms with Crippen LogP contribution in [-0.4, -0.2) is 15.2 Å². The van der Waals surface area contributed by atoms with Crippen molar-refractivity contribution in [3.8, 4) is 11.3 Å². The molecule has 0 bridgehead atoms. The minimum absolute atomic E-state index is 0.0489. The summed E-state index contributed by atoms with van der Waals surface area (Å²) in [4.78, 5) is 4.01. The number of anilines is 2. The van der Waals surface area contributed by atoms with Gasteiger partial charge in [-0.25, -0.2) is 13.8 Å². The zero-order valence-electron chi connectivity index (χ0n) is 13.1. The largest absolute Gasteiger partial charge is 0.434 e. The van der Waals surface area contributed by atoms with Crippen LogP contribution in [-0.2, 0) is 6.18 Å². The Kier molecular flexibility index (Phi) is 4.06. The van der Waals surface area contributed by atoms with Gasteiger partial charge in [-0.2, -0.15) is 18.3 Å². The monoisotopic (exact) mass is 445 g/mol. The molecule has 3 aromatic rings. The van der Waals surface area contributed by atoms with Gasteiger partial charge in [-0.15, -0.1) is 0 Å². The Hall–Kier alpha value is -2.69. The lowest BCUT2D eigenvalue weighted by Gasteiger charge is -2.22. The lowest BCUT2D eigenvalue weighted by atomic mass is 10.1. The number of H-pyrrole nitrogens is 1. The van der Waals surface area contributed by atoms with E-state index >= 15 is 0 Å². The third-order valence-electron chi connectivity index (χ3n) is 4.05. The average Bonchev–Trinajstić information content (AvgIpc) is 2.93. The number of aromatic nitrogens is 3. The fraction of sp³-hybridized carbons (Fsp3) is 0.125. The summed E-state index contributed by atoms with van der Waals surface area (Å²) in [5.41, 5.74) is -1.52. The van der Waals surface area contributed by atoms with Crippen molar-refractivity contribution in [1.29, 1.82) is 0 Å². The molecule has 0 amide bonds. The van der Waals surface area contributed by atoms with E-state index in [4.69, 9.17) is 0 Å². The molecule has 1 aliphatic rings. The predicted molar refractivity (Wildman–Crippen MR) is 90.9 cm³/mol. The van der Waals surface area contributed by atoms with E-state index in [1.54, 1.807) is 0 Å². The molecule has 1 atom stereocenters. The molecule has 1 aliphatic heterocycles. The molecule has 0 spiro atoms. The number of fused-ring (bicyclic) bond motifs is 3. The number of alkyl halides is 3. The van der Waals surface area contributed by atoms with Crippen molar-refractivity contribution in [2.24, 2.45) is 0 Å². The van der Waals surface area contributed by atoms with E-state index in [1.165, 1.54) is 18.3 Å². The number of halogens is 6. The van der Waals surface area contributed by atoms with E-state index in [9.17, 15) is 22.0 Å². The third-order valence-corrected chi connectivity index (χ3v) is 4.49. The van der Waals surface area contributed by atoms with Crippen LogP contribution in [0.4, 0.5) is 33.3 Å². The van der Waals surface area contributed by atoms with Crippen LogP contribution >= 0.6 is 15.9 Å². The number of hydrogen-bond donors (Lipinski definition) is 3. The molecule has 1 unspecified atom stereocenters. The summed E-state index contributed by atoms with van der Waals surface area (Å²) in [6.45, 7) is 0. The number of pyridine rings is 1. The highest BCUT2D eigenvalue weighted by molar-refractivity contribution is 9.10. The van der Waals surface area contributed by atoms with Gasteiger partial charge in [0.25, 0.3) is 0 Å². The molecule has 0 aliphatic carbocycles. The van der Waals surface area contributed by atoms with Gasteiger partial charge in [0.15, 0.2) is 5.69 Å². The average molecular weight is 446 g/mol. The Balaban J connectivity index is 1.96. The quantitative estimate of drug-likeness (QED) is 0.361. The van der Waals surface area contributed by atoms with Crippen molar-refractivity contribution in [2.75, 3.05) is 10.6 Å². The predicted octanol–water partition coefficient (Wildman–Crippen LogP) is 5.07. The molecular weight excluding hydrogens is 437 g/mol. The summed E-state index contributed by atoms with van der Waals surface area (Å²) in [7, 11) is 0. The molecule has 5 nitrogen and oxygen atoms in total. The van der Waals surface area contributed by atoms with Crippen LogP contribution in [0.3, 0.4) is 0 Å². The van der Waals surface area contributed by atoms with Crippen LogP contribution in [0.1, 0.15) is 17.4 Å². The minimum atomic E-state index is -4.75. The topological polar surface area (TPSA) is 65.6 Å². The van der Waals surface area contributed by atoms with E-state index in [0.29, 0.717) is 4.60 Å². The van der Waals surface area contributed by atoms with E-state index in [2.05, 4.69) is 36.6 Å². The molecular formula is C16H9BrF5N5. The van der Waals surface area contributed by atoms with E-state index in [0.717, 1.165) is 12.1 Å². The Labute approximate surface area is 157 Å². The van der Waals surface area contributed by atoms with Gasteiger partial charge in [0.05, 0.1) is 23.1 Å². The highest BCUT2D eigenvalue weighted by atomic mass is 79.9. The maximum Gasteiger partial charge on any atom is 0.434 e. The molecule has 1 aromatic carbocycles. The first kappa shape index (κ1) is 17.7. The van der Waals surface area contributed by atoms with E-state index in [-0.39, 0.29) is 16.9 Å². The van der Waals surface area contributed by atoms with Gasteiger partial charge in [0, 0.05) is 5.56 Å². The van der Waals surface area contributed by atoms with Gasteiger partial charge in [-0.05, 0) is 34.1 Å². The van der Waals surface area contributed by atoms with Gasteiger partial charge < -0.3 is 10.6 Å². The number of rotatable bonds is 1. The highest BCUT2D eigenvalue weighted by Gasteiger charge is 2.40. The normalized spacial score (nSPS) is 16.0. The zero-order valence-corrected chi connectivity index (χ0v) is 14.7. The van der Waals surface area contributed by atoms with Gasteiger partial charge >= 0.3 is 6.18 Å². The Morgan fingerprint density at radius 1 is 1.07 bits per heavy atom. The fourth-order valence-electron chi connectivity index (χ4n) is 2.89. The summed E-state index contributed by atoms with van der Waals surface area (Å²) >= 11 is 3.16. The Morgan fingerprint density at radius 3 is 2.44 bits per heavy atom. The standard InChI is InChI=1S/C16H9BrF5N5/c17-10-4-6-9(5-23-10)24-15(11-7(18)2-1-3-8(11)19)25-13-12(6)26-27-14(13)16(20,21)22/h1-5,15,24-25H,(H,26,27). The third kappa shape index (κ3) is 3.01. The maximum atomic E-state index is 14.3. The zero-order chi connectivity index (χ0) is 19.3. The molecule has 3 heterocycles. The Morgan fingerprint density at radius 2 is 1.78 bits per heavy atom. The molecule has 4 rings (SSSR count). The summed E-state index contributed by atoms with van der Waals surface area (Å²) in [5, 5.41) is 11.0. The van der Waals surface area contributed by atoms with Crippen molar-refractivity contribution in [1.82, 2.24) is 15.2 Å². The molecule has 0 fully saturated rings. The number of nitrogens with zero attached hydrogens (tertiary/aromatic N) is 2. The van der Waals surface area contributed by atoms with Crippen molar-refractivity contribution in [3.63, 3.8) is 0 Å². The fourth-order valence-corrected chi connectivity index (χ4v) is 3.22. The van der Waals surface area contributed by atoms with Gasteiger partial charge in [-0.1, -0.05) is 6.07 Å². The van der Waals surface area contributed by atoms with Crippen LogP contribution in [0, 0.1) is 11.6 Å². The first-order chi connectivity index (χ1) is 12.8. The minimum Gasteiger partial charge on any atom is -0.360 e. The highest BCUT2D eigenvalue weighted by Crippen LogP contribution is 2.45. The number of nitrogens with one attached hydrogen (secondary N) is 3. The number of hydrogen-bond acceptors (Lipinski definition) is 4. The molecule has 11 heteroatoms. The lowest BCUT2D eigenvalue weighted by Crippen LogP contribution is -2.23. The van der Waals surface area contributed by atoms with Gasteiger partial charge in [0.2, 0.25) is 0 Å². The lowest BCUT2D eigenvalue weighted by molar-refractivity contribution is -0.140. The second-order valence-electron chi connectivity index (χ2n) is 5.73. The van der Waals surface area contributed by atoms with Crippen LogP contribution in [0.15, 0.2) is 35.1 Å². The van der Waals surface area contributed by atoms with Crippen molar-refractivity contribution < 1.29 is 22.0 Å². The molecule has 0 saturated carbocycles. The number of benzene rings is 1. The molecule has 0 radical (unpaired) electrons. The van der Waals surface area contributed by atoms with Crippen molar-refractivity contribution in [2.45, 2.75) is 12.3 Å². The van der Waals surface area contributed by atoms with Gasteiger partial charge in [0.1, 0.15) is 28.1 Å². The summed E-state index contributed by atoms with van der Waals surface area (Å²) in [5.74, 6) is -1.82. The first-order valence-electron chi connectivity index (χ1n) is 7.54. The van der Waals surface area contributed by atoms with Crippen molar-refractivity contribution in [3.05, 3.63) is 58.0 Å². The molecule has 0 saturated heterocycles. The van der Waals surface area contributed by atoms with Crippen LogP contribution in [0.2, 0.25) is 0 Å². The van der Waals surface area contributed by atoms with E-state index in [1.807, 2.05) is 5.10 Å². The van der Waals surface area contributed by atoms with Crippen LogP contribution in [0.5, 0.6) is 0 Å². The number of aromatic amines is 1. The second-order valence-corrected chi connectivity index (χ2v) is 6.54.